The summed E-state index contributed by atoms with van der Waals surface area (Å²) < 4.78 is 5.15. The van der Waals surface area contributed by atoms with Crippen LogP contribution in [0.25, 0.3) is 0 Å². The van der Waals surface area contributed by atoms with Crippen molar-refractivity contribution in [1.29, 1.82) is 0 Å². The third kappa shape index (κ3) is 3.01. The van der Waals surface area contributed by atoms with Crippen LogP contribution in [0.5, 0.6) is 5.75 Å². The molecule has 0 aliphatic rings. The minimum atomic E-state index is -1.46. The molecule has 0 amide bonds. The maximum absolute atomic E-state index is 5.15. The molecule has 0 saturated carbocycles. The molecule has 1 aromatic rings. The van der Waals surface area contributed by atoms with E-state index in [-0.39, 0.29) is 0 Å². The normalized spacial score (nSPS) is 12.4. The highest BCUT2D eigenvalue weighted by Crippen LogP contribution is 2.36. The molecule has 1 aromatic carbocycles. The molecule has 1 rings (SSSR count). The largest absolute Gasteiger partial charge is 0.497 e. The summed E-state index contributed by atoms with van der Waals surface area (Å²) in [6.07, 6.45) is 0. The first-order valence-corrected chi connectivity index (χ1v) is 8.68. The van der Waals surface area contributed by atoms with Crippen LogP contribution in [-0.2, 0) is 0 Å². The van der Waals surface area contributed by atoms with E-state index in [0.717, 1.165) is 5.75 Å². The fraction of sp³-hybridized carbons (Fsp3) is 0.538. The van der Waals surface area contributed by atoms with E-state index in [0.29, 0.717) is 5.04 Å². The molecule has 16 heavy (non-hydrogen) atoms. The summed E-state index contributed by atoms with van der Waals surface area (Å²) in [4.78, 5) is 3.69. The van der Waals surface area contributed by atoms with Gasteiger partial charge in [-0.3, -0.25) is 0 Å². The molecule has 1 N–H and O–H groups in total. The lowest BCUT2D eigenvalue weighted by Crippen LogP contribution is -2.45. The van der Waals surface area contributed by atoms with Crippen molar-refractivity contribution >= 4 is 13.9 Å². The highest BCUT2D eigenvalue weighted by molar-refractivity contribution is 6.83. The van der Waals surface area contributed by atoms with Gasteiger partial charge in [-0.2, -0.15) is 0 Å². The fourth-order valence-corrected chi connectivity index (χ4v) is 2.49. The van der Waals surface area contributed by atoms with Crippen LogP contribution in [0.4, 0.5) is 5.69 Å². The van der Waals surface area contributed by atoms with E-state index in [9.17, 15) is 0 Å². The fourth-order valence-electron chi connectivity index (χ4n) is 1.22. The van der Waals surface area contributed by atoms with Crippen molar-refractivity contribution in [2.75, 3.05) is 12.1 Å². The van der Waals surface area contributed by atoms with Crippen molar-refractivity contribution in [2.24, 2.45) is 0 Å². The van der Waals surface area contributed by atoms with Crippen molar-refractivity contribution in [1.82, 2.24) is 0 Å². The summed E-state index contributed by atoms with van der Waals surface area (Å²) in [5, 5.41) is 0.340. The first-order valence-electron chi connectivity index (χ1n) is 5.68. The Morgan fingerprint density at radius 3 is 1.94 bits per heavy atom. The predicted octanol–water partition coefficient (Wildman–Crippen LogP) is 4.11. The Bertz CT molecular complexity index is 338. The van der Waals surface area contributed by atoms with Gasteiger partial charge in [0.25, 0.3) is 0 Å². The number of anilines is 1. The molecule has 0 heterocycles. The average molecular weight is 237 g/mol. The van der Waals surface area contributed by atoms with Crippen LogP contribution in [-0.4, -0.2) is 15.3 Å². The SMILES string of the molecule is COc1ccc(N[Si](C)(C)C(C)(C)C)cc1. The molecular weight excluding hydrogens is 214 g/mol. The molecule has 0 fully saturated rings. The van der Waals surface area contributed by atoms with Crippen molar-refractivity contribution in [3.63, 3.8) is 0 Å². The molecular formula is C13H23NOSi. The van der Waals surface area contributed by atoms with Gasteiger partial charge in [0.1, 0.15) is 5.75 Å². The van der Waals surface area contributed by atoms with Crippen LogP contribution in [0, 0.1) is 0 Å². The van der Waals surface area contributed by atoms with Gasteiger partial charge in [-0.1, -0.05) is 33.9 Å². The molecule has 3 heteroatoms. The Morgan fingerprint density at radius 2 is 1.56 bits per heavy atom. The van der Waals surface area contributed by atoms with Gasteiger partial charge < -0.3 is 9.72 Å². The lowest BCUT2D eigenvalue weighted by atomic mass is 10.2. The van der Waals surface area contributed by atoms with Crippen LogP contribution in [0.1, 0.15) is 20.8 Å². The lowest BCUT2D eigenvalue weighted by Gasteiger charge is -2.38. The topological polar surface area (TPSA) is 21.3 Å². The van der Waals surface area contributed by atoms with Gasteiger partial charge in [0.2, 0.25) is 0 Å². The summed E-state index contributed by atoms with van der Waals surface area (Å²) in [6.45, 7) is 11.6. The highest BCUT2D eigenvalue weighted by Gasteiger charge is 2.35. The molecule has 0 aromatic heterocycles. The van der Waals surface area contributed by atoms with Gasteiger partial charge in [0.05, 0.1) is 7.11 Å². The van der Waals surface area contributed by atoms with Crippen LogP contribution >= 0.6 is 0 Å². The molecule has 0 unspecified atom stereocenters. The van der Waals surface area contributed by atoms with Gasteiger partial charge in [-0.05, 0) is 29.3 Å². The second-order valence-electron chi connectivity index (χ2n) is 5.73. The first-order chi connectivity index (χ1) is 7.26. The van der Waals surface area contributed by atoms with Gasteiger partial charge in [0, 0.05) is 5.69 Å². The van der Waals surface area contributed by atoms with Crippen LogP contribution < -0.4 is 9.72 Å². The van der Waals surface area contributed by atoms with E-state index in [1.165, 1.54) is 5.69 Å². The number of rotatable bonds is 3. The second kappa shape index (κ2) is 4.50. The molecule has 0 spiro atoms. The third-order valence-corrected chi connectivity index (χ3v) is 8.09. The van der Waals surface area contributed by atoms with Gasteiger partial charge >= 0.3 is 0 Å². The smallest absolute Gasteiger partial charge is 0.152 e. The van der Waals surface area contributed by atoms with Crippen molar-refractivity contribution in [2.45, 2.75) is 38.9 Å². The molecule has 2 nitrogen and oxygen atoms in total. The Morgan fingerprint density at radius 1 is 1.06 bits per heavy atom. The van der Waals surface area contributed by atoms with Crippen LogP contribution in [0.3, 0.4) is 0 Å². The number of hydrogen-bond donors (Lipinski definition) is 1. The monoisotopic (exact) mass is 237 g/mol. The van der Waals surface area contributed by atoms with E-state index >= 15 is 0 Å². The Hall–Kier alpha value is -0.963. The minimum absolute atomic E-state index is 0.340. The first kappa shape index (κ1) is 13.1. The predicted molar refractivity (Wildman–Crippen MR) is 73.8 cm³/mol. The summed E-state index contributed by atoms with van der Waals surface area (Å²) in [6, 6.07) is 8.16. The number of methoxy groups -OCH3 is 1. The van der Waals surface area contributed by atoms with Crippen molar-refractivity contribution in [3.05, 3.63) is 24.3 Å². The van der Waals surface area contributed by atoms with Crippen LogP contribution in [0.15, 0.2) is 24.3 Å². The summed E-state index contributed by atoms with van der Waals surface area (Å²) >= 11 is 0. The third-order valence-electron chi connectivity index (χ3n) is 3.42. The zero-order valence-corrected chi connectivity index (χ0v) is 12.2. The number of benzene rings is 1. The summed E-state index contributed by atoms with van der Waals surface area (Å²) in [5.41, 5.74) is 1.19. The minimum Gasteiger partial charge on any atom is -0.497 e. The average Bonchev–Trinajstić information content (AvgIpc) is 2.16. The Kier molecular flexibility index (Phi) is 3.68. The number of ether oxygens (including phenoxy) is 1. The highest BCUT2D eigenvalue weighted by atomic mass is 28.3. The van der Waals surface area contributed by atoms with E-state index in [1.54, 1.807) is 7.11 Å². The van der Waals surface area contributed by atoms with E-state index in [1.807, 2.05) is 12.1 Å². The summed E-state index contributed by atoms with van der Waals surface area (Å²) in [7, 11) is 0.227. The zero-order chi connectivity index (χ0) is 12.4. The van der Waals surface area contributed by atoms with Gasteiger partial charge in [-0.25, -0.2) is 0 Å². The second-order valence-corrected chi connectivity index (χ2v) is 10.7. The maximum Gasteiger partial charge on any atom is 0.152 e. The van der Waals surface area contributed by atoms with Crippen LogP contribution in [0.2, 0.25) is 18.1 Å². The Balaban J connectivity index is 2.80. The lowest BCUT2D eigenvalue weighted by molar-refractivity contribution is 0.415. The molecule has 0 bridgehead atoms. The molecule has 0 radical (unpaired) electrons. The van der Waals surface area contributed by atoms with E-state index in [4.69, 9.17) is 4.74 Å². The maximum atomic E-state index is 5.15. The molecule has 0 aliphatic heterocycles. The standard InChI is InChI=1S/C13H23NOSi/c1-13(2,3)16(5,6)14-11-7-9-12(15-4)10-8-11/h7-10,14H,1-6H3. The Labute approximate surface area is 100 Å². The van der Waals surface area contributed by atoms with Gasteiger partial charge in [0.15, 0.2) is 8.24 Å². The van der Waals surface area contributed by atoms with E-state index in [2.05, 4.69) is 51.0 Å². The van der Waals surface area contributed by atoms with Gasteiger partial charge in [-0.15, -0.1) is 0 Å². The summed E-state index contributed by atoms with van der Waals surface area (Å²) in [5.74, 6) is 0.904. The van der Waals surface area contributed by atoms with Crippen molar-refractivity contribution in [3.8, 4) is 5.75 Å². The quantitative estimate of drug-likeness (QED) is 0.799. The van der Waals surface area contributed by atoms with Crippen molar-refractivity contribution < 1.29 is 4.74 Å². The van der Waals surface area contributed by atoms with E-state index < -0.39 is 8.24 Å². The molecule has 0 aliphatic carbocycles. The number of hydrogen-bond acceptors (Lipinski definition) is 2. The molecule has 0 saturated heterocycles. The zero-order valence-electron chi connectivity index (χ0n) is 11.2. The molecule has 0 atom stereocenters. The number of nitrogens with one attached hydrogen (secondary N) is 1. The molecule has 90 valence electrons.